The number of halogens is 3. The van der Waals surface area contributed by atoms with Crippen LogP contribution in [0.1, 0.15) is 28.2 Å². The first-order chi connectivity index (χ1) is 15.4. The minimum atomic E-state index is -4.43. The van der Waals surface area contributed by atoms with Crippen molar-refractivity contribution >= 4 is 5.97 Å². The van der Waals surface area contributed by atoms with Gasteiger partial charge in [0.15, 0.2) is 0 Å². The first kappa shape index (κ1) is 21.5. The van der Waals surface area contributed by atoms with Crippen LogP contribution in [-0.2, 0) is 22.1 Å². The third-order valence-electron chi connectivity index (χ3n) is 5.36. The van der Waals surface area contributed by atoms with Crippen LogP contribution in [0.3, 0.4) is 0 Å². The van der Waals surface area contributed by atoms with Gasteiger partial charge in [0.1, 0.15) is 6.26 Å². The molecule has 0 aliphatic carbocycles. The summed E-state index contributed by atoms with van der Waals surface area (Å²) in [6.45, 7) is 0. The van der Waals surface area contributed by atoms with E-state index in [2.05, 4.69) is 11.8 Å². The average Bonchev–Trinajstić information content (AvgIpc) is 2.80. The lowest BCUT2D eigenvalue weighted by molar-refractivity contribution is -0.144. The maximum atomic E-state index is 13.1. The van der Waals surface area contributed by atoms with Crippen LogP contribution in [0.25, 0.3) is 0 Å². The molecule has 0 aromatic heterocycles. The third-order valence-corrected chi connectivity index (χ3v) is 5.36. The molecule has 1 heterocycles. The second kappa shape index (κ2) is 9.15. The molecule has 3 aromatic rings. The quantitative estimate of drug-likeness (QED) is 0.367. The van der Waals surface area contributed by atoms with Crippen LogP contribution in [0.15, 0.2) is 96.8 Å². The van der Waals surface area contributed by atoms with E-state index in [0.29, 0.717) is 17.6 Å². The second-order valence-electron chi connectivity index (χ2n) is 7.52. The van der Waals surface area contributed by atoms with Gasteiger partial charge in [0.2, 0.25) is 0 Å². The third kappa shape index (κ3) is 4.92. The van der Waals surface area contributed by atoms with Crippen molar-refractivity contribution in [3.8, 4) is 11.8 Å². The Morgan fingerprint density at radius 1 is 0.812 bits per heavy atom. The van der Waals surface area contributed by atoms with E-state index >= 15 is 0 Å². The molecule has 0 radical (unpaired) electrons. The van der Waals surface area contributed by atoms with Crippen molar-refractivity contribution in [2.45, 2.75) is 18.5 Å². The van der Waals surface area contributed by atoms with Crippen LogP contribution in [0.2, 0.25) is 0 Å². The molecule has 5 heteroatoms. The topological polar surface area (TPSA) is 26.3 Å². The van der Waals surface area contributed by atoms with Crippen molar-refractivity contribution in [1.29, 1.82) is 0 Å². The van der Waals surface area contributed by atoms with Crippen LogP contribution >= 0.6 is 0 Å². The Kier molecular flexibility index (Phi) is 6.13. The van der Waals surface area contributed by atoms with E-state index < -0.39 is 29.5 Å². The van der Waals surface area contributed by atoms with E-state index in [-0.39, 0.29) is 0 Å². The van der Waals surface area contributed by atoms with E-state index in [1.807, 2.05) is 60.7 Å². The zero-order chi connectivity index (χ0) is 22.6. The van der Waals surface area contributed by atoms with Gasteiger partial charge in [0.05, 0.1) is 11.5 Å². The number of carbonyl (C=O) groups is 1. The molecule has 1 aliphatic heterocycles. The SMILES string of the molecule is O=C1OC=C(C#Cc2ccccc2)[C@@H](c2ccc(C(F)(F)F)cc2)[C@@H]1Cc1ccccc1. The monoisotopic (exact) mass is 432 g/mol. The van der Waals surface area contributed by atoms with E-state index in [1.54, 1.807) is 0 Å². The fourth-order valence-corrected chi connectivity index (χ4v) is 3.77. The van der Waals surface area contributed by atoms with Gasteiger partial charge in [-0.25, -0.2) is 0 Å². The summed E-state index contributed by atoms with van der Waals surface area (Å²) in [4.78, 5) is 12.7. The molecule has 0 saturated heterocycles. The Balaban J connectivity index is 1.74. The summed E-state index contributed by atoms with van der Waals surface area (Å²) in [6.07, 6.45) is -2.73. The summed E-state index contributed by atoms with van der Waals surface area (Å²) in [5.74, 6) is 4.58. The zero-order valence-corrected chi connectivity index (χ0v) is 17.0. The lowest BCUT2D eigenvalue weighted by Gasteiger charge is -2.29. The number of cyclic esters (lactones) is 1. The highest BCUT2D eigenvalue weighted by Crippen LogP contribution is 2.39. The summed E-state index contributed by atoms with van der Waals surface area (Å²) in [6, 6.07) is 23.7. The largest absolute Gasteiger partial charge is 0.433 e. The van der Waals surface area contributed by atoms with Crippen LogP contribution in [-0.4, -0.2) is 5.97 Å². The number of allylic oxidation sites excluding steroid dienone is 1. The summed E-state index contributed by atoms with van der Waals surface area (Å²) >= 11 is 0. The smallest absolute Gasteiger partial charge is 0.416 e. The maximum absolute atomic E-state index is 13.1. The Morgan fingerprint density at radius 2 is 1.44 bits per heavy atom. The number of hydrogen-bond acceptors (Lipinski definition) is 2. The van der Waals surface area contributed by atoms with Gasteiger partial charge in [-0.1, -0.05) is 72.5 Å². The fourth-order valence-electron chi connectivity index (χ4n) is 3.77. The standard InChI is InChI=1S/C27H19F3O2/c28-27(29,30)23-15-13-21(14-16-23)25-22(12-11-19-7-3-1-4-8-19)18-32-26(31)24(25)17-20-9-5-2-6-10-20/h1-10,13-16,18,24-25H,17H2/t24-,25+/m0/s1. The van der Waals surface area contributed by atoms with Gasteiger partial charge >= 0.3 is 12.1 Å². The Bertz CT molecular complexity index is 1170. The Labute approximate surface area is 184 Å². The first-order valence-electron chi connectivity index (χ1n) is 10.1. The Hall–Kier alpha value is -3.78. The lowest BCUT2D eigenvalue weighted by atomic mass is 9.76. The van der Waals surface area contributed by atoms with Crippen molar-refractivity contribution in [3.05, 3.63) is 119 Å². The van der Waals surface area contributed by atoms with Crippen molar-refractivity contribution in [2.75, 3.05) is 0 Å². The predicted octanol–water partition coefficient (Wildman–Crippen LogP) is 6.14. The molecule has 32 heavy (non-hydrogen) atoms. The van der Waals surface area contributed by atoms with Gasteiger partial charge in [0.25, 0.3) is 0 Å². The van der Waals surface area contributed by atoms with Crippen molar-refractivity contribution < 1.29 is 22.7 Å². The molecule has 160 valence electrons. The number of hydrogen-bond donors (Lipinski definition) is 0. The minimum Gasteiger partial charge on any atom is -0.433 e. The molecular weight excluding hydrogens is 413 g/mol. The molecule has 0 spiro atoms. The molecule has 2 nitrogen and oxygen atoms in total. The highest BCUT2D eigenvalue weighted by Gasteiger charge is 2.37. The number of ether oxygens (including phenoxy) is 1. The van der Waals surface area contributed by atoms with Gasteiger partial charge in [-0.15, -0.1) is 0 Å². The summed E-state index contributed by atoms with van der Waals surface area (Å²) < 4.78 is 44.5. The molecule has 3 aromatic carbocycles. The predicted molar refractivity (Wildman–Crippen MR) is 115 cm³/mol. The van der Waals surface area contributed by atoms with Crippen molar-refractivity contribution in [2.24, 2.45) is 5.92 Å². The molecule has 4 rings (SSSR count). The van der Waals surface area contributed by atoms with E-state index in [0.717, 1.165) is 23.3 Å². The average molecular weight is 432 g/mol. The van der Waals surface area contributed by atoms with E-state index in [9.17, 15) is 18.0 Å². The van der Waals surface area contributed by atoms with E-state index in [1.165, 1.54) is 18.4 Å². The van der Waals surface area contributed by atoms with Gasteiger partial charge in [-0.2, -0.15) is 13.2 Å². The number of benzene rings is 3. The van der Waals surface area contributed by atoms with E-state index in [4.69, 9.17) is 4.74 Å². The minimum absolute atomic E-state index is 0.385. The summed E-state index contributed by atoms with van der Waals surface area (Å²) in [5, 5.41) is 0. The molecule has 0 saturated carbocycles. The first-order valence-corrected chi connectivity index (χ1v) is 10.1. The summed E-state index contributed by atoms with van der Waals surface area (Å²) in [7, 11) is 0. The number of carbonyl (C=O) groups excluding carboxylic acids is 1. The molecule has 0 N–H and O–H groups in total. The Morgan fingerprint density at radius 3 is 2.06 bits per heavy atom. The van der Waals surface area contributed by atoms with Crippen LogP contribution < -0.4 is 0 Å². The van der Waals surface area contributed by atoms with Crippen LogP contribution in [0.5, 0.6) is 0 Å². The van der Waals surface area contributed by atoms with Crippen molar-refractivity contribution in [3.63, 3.8) is 0 Å². The molecule has 0 amide bonds. The highest BCUT2D eigenvalue weighted by molar-refractivity contribution is 5.78. The lowest BCUT2D eigenvalue weighted by Crippen LogP contribution is -2.30. The van der Waals surface area contributed by atoms with Crippen LogP contribution in [0, 0.1) is 17.8 Å². The second-order valence-corrected chi connectivity index (χ2v) is 7.52. The molecule has 0 bridgehead atoms. The molecule has 2 atom stereocenters. The maximum Gasteiger partial charge on any atom is 0.416 e. The van der Waals surface area contributed by atoms with Gasteiger partial charge < -0.3 is 4.74 Å². The number of esters is 1. The molecule has 0 unspecified atom stereocenters. The zero-order valence-electron chi connectivity index (χ0n) is 17.0. The van der Waals surface area contributed by atoms with Crippen LogP contribution in [0.4, 0.5) is 13.2 Å². The molecular formula is C27H19F3O2. The van der Waals surface area contributed by atoms with Gasteiger partial charge in [-0.05, 0) is 41.8 Å². The summed E-state index contributed by atoms with van der Waals surface area (Å²) in [5.41, 5.74) is 2.12. The molecule has 1 aliphatic rings. The highest BCUT2D eigenvalue weighted by atomic mass is 19.4. The van der Waals surface area contributed by atoms with Gasteiger partial charge in [0, 0.05) is 17.1 Å². The number of rotatable bonds is 3. The van der Waals surface area contributed by atoms with Crippen molar-refractivity contribution in [1.82, 2.24) is 0 Å². The molecule has 0 fully saturated rings. The fraction of sp³-hybridized carbons (Fsp3) is 0.148. The number of alkyl halides is 3. The normalized spacial score (nSPS) is 18.2. The van der Waals surface area contributed by atoms with Gasteiger partial charge in [-0.3, -0.25) is 4.79 Å².